The van der Waals surface area contributed by atoms with Crippen molar-refractivity contribution in [3.05, 3.63) is 0 Å². The molecular formula is ClLiOZn. The third kappa shape index (κ3) is 10.3. The average Bonchev–Trinajstić information content (AvgIpc) is 1.00. The molecule has 0 atom stereocenters. The molecule has 4 heteroatoms. The Bertz CT molecular complexity index is 8.00. The van der Waals surface area contributed by atoms with Gasteiger partial charge in [-0.2, -0.15) is 0 Å². The summed E-state index contributed by atoms with van der Waals surface area (Å²) in [5.74, 6) is 0. The van der Waals surface area contributed by atoms with Gasteiger partial charge in [0, 0.05) is 0 Å². The second-order valence-corrected chi connectivity index (χ2v) is 0. The summed E-state index contributed by atoms with van der Waals surface area (Å²) in [7, 11) is 0. The van der Waals surface area contributed by atoms with E-state index in [2.05, 4.69) is 0 Å². The van der Waals surface area contributed by atoms with Gasteiger partial charge in [-0.05, 0) is 0 Å². The first kappa shape index (κ1) is 18.5. The summed E-state index contributed by atoms with van der Waals surface area (Å²) in [5, 5.41) is 0. The summed E-state index contributed by atoms with van der Waals surface area (Å²) in [6.07, 6.45) is 0. The van der Waals surface area contributed by atoms with Crippen molar-refractivity contribution in [1.82, 2.24) is 0 Å². The van der Waals surface area contributed by atoms with Crippen LogP contribution in [0.1, 0.15) is 0 Å². The zero-order valence-corrected chi connectivity index (χ0v) is 6.22. The Morgan fingerprint density at radius 1 is 1.25 bits per heavy atom. The first-order chi connectivity index (χ1) is 1.00. The molecule has 0 aliphatic carbocycles. The van der Waals surface area contributed by atoms with E-state index in [1.54, 1.807) is 0 Å². The van der Waals surface area contributed by atoms with E-state index in [9.17, 15) is 0 Å². The van der Waals surface area contributed by atoms with E-state index >= 15 is 0 Å². The number of hydrogen-bond donors (Lipinski definition) is 0. The Kier molecular flexibility index (Phi) is 127. The van der Waals surface area contributed by atoms with Crippen LogP contribution in [0, 0.1) is 0 Å². The van der Waals surface area contributed by atoms with Crippen molar-refractivity contribution < 1.29 is 53.1 Å². The van der Waals surface area contributed by atoms with E-state index < -0.39 is 0 Å². The van der Waals surface area contributed by atoms with E-state index in [1.807, 2.05) is 0 Å². The summed E-state index contributed by atoms with van der Waals surface area (Å²) in [5.41, 5.74) is 0. The second kappa shape index (κ2) is 27.5. The molecule has 0 unspecified atom stereocenters. The van der Waals surface area contributed by atoms with Crippen molar-refractivity contribution in [3.63, 3.8) is 0 Å². The fourth-order valence-corrected chi connectivity index (χ4v) is 0. The summed E-state index contributed by atoms with van der Waals surface area (Å²) in [6.45, 7) is 0. The van der Waals surface area contributed by atoms with Crippen LogP contribution in [0.4, 0.5) is 0 Å². The van der Waals surface area contributed by atoms with Gasteiger partial charge < -0.3 is 12.4 Å². The minimum absolute atomic E-state index is 0. The van der Waals surface area contributed by atoms with Crippen LogP contribution in [0.5, 0.6) is 0 Å². The van der Waals surface area contributed by atoms with Crippen molar-refractivity contribution >= 4 is 0 Å². The van der Waals surface area contributed by atoms with Crippen LogP contribution < -0.4 is 31.3 Å². The molecule has 0 aromatic rings. The Labute approximate surface area is 53.1 Å². The number of hydrogen-bond acceptors (Lipinski definition) is 1. The van der Waals surface area contributed by atoms with Crippen molar-refractivity contribution in [2.24, 2.45) is 0 Å². The van der Waals surface area contributed by atoms with Gasteiger partial charge in [-0.25, -0.2) is 0 Å². The molecule has 4 heavy (non-hydrogen) atoms. The quantitative estimate of drug-likeness (QED) is 0.293. The van der Waals surface area contributed by atoms with Gasteiger partial charge in [0.15, 0.2) is 0 Å². The third-order valence-corrected chi connectivity index (χ3v) is 0. The van der Waals surface area contributed by atoms with Gasteiger partial charge >= 0.3 is 40.7 Å². The summed E-state index contributed by atoms with van der Waals surface area (Å²) in [6, 6.07) is 0. The van der Waals surface area contributed by atoms with Crippen LogP contribution in [-0.2, 0) is 21.8 Å². The number of halogens is 1. The van der Waals surface area contributed by atoms with Gasteiger partial charge in [0.05, 0.1) is 0 Å². The van der Waals surface area contributed by atoms with Crippen LogP contribution in [-0.4, -0.2) is 0 Å². The van der Waals surface area contributed by atoms with Gasteiger partial charge in [-0.1, -0.05) is 0 Å². The second-order valence-electron chi connectivity index (χ2n) is 0. The zero-order chi connectivity index (χ0) is 2.00. The predicted octanol–water partition coefficient (Wildman–Crippen LogP) is -6.11. The van der Waals surface area contributed by atoms with Gasteiger partial charge in [-0.15, -0.1) is 0 Å². The van der Waals surface area contributed by atoms with Crippen LogP contribution >= 0.6 is 0 Å². The van der Waals surface area contributed by atoms with Crippen LogP contribution in [0.2, 0.25) is 0 Å². The molecular weight excluding hydrogens is 124 g/mol. The van der Waals surface area contributed by atoms with Gasteiger partial charge in [0.25, 0.3) is 0 Å². The molecule has 0 radical (unpaired) electrons. The third-order valence-electron chi connectivity index (χ3n) is 0. The standard InChI is InChI=1S/ClH.Li.O.Zn/h1H;;;/q;+1;;/p-1. The van der Waals surface area contributed by atoms with Gasteiger partial charge in [-0.3, -0.25) is 0 Å². The van der Waals surface area contributed by atoms with Crippen LogP contribution in [0.25, 0.3) is 0 Å². The molecule has 0 amide bonds. The molecule has 0 rings (SSSR count). The van der Waals surface area contributed by atoms with Crippen LogP contribution in [0.3, 0.4) is 0 Å². The van der Waals surface area contributed by atoms with Crippen molar-refractivity contribution in [2.45, 2.75) is 0 Å². The Balaban J connectivity index is -0.00000000500. The fourth-order valence-electron chi connectivity index (χ4n) is 0. The topological polar surface area (TPSA) is 17.1 Å². The normalized spacial score (nSPS) is 1.50. The average molecular weight is 124 g/mol. The van der Waals surface area contributed by atoms with E-state index in [1.165, 1.54) is 0 Å². The molecule has 0 heterocycles. The first-order valence-corrected chi connectivity index (χ1v) is 1.50. The fraction of sp³-hybridized carbons (Fsp3) is 0. The Hall–Kier alpha value is 1.31. The Morgan fingerprint density at radius 2 is 1.25 bits per heavy atom. The maximum atomic E-state index is 8.38. The monoisotopic (exact) mass is 122 g/mol. The Morgan fingerprint density at radius 3 is 1.25 bits per heavy atom. The number of rotatable bonds is 0. The molecule has 0 aliphatic rings. The van der Waals surface area contributed by atoms with Gasteiger partial charge in [0.1, 0.15) is 0 Å². The van der Waals surface area contributed by atoms with Crippen molar-refractivity contribution in [3.8, 4) is 0 Å². The van der Waals surface area contributed by atoms with E-state index in [0.717, 1.165) is 0 Å². The molecule has 0 bridgehead atoms. The summed E-state index contributed by atoms with van der Waals surface area (Å²) in [4.78, 5) is 0. The molecule has 0 saturated carbocycles. The molecule has 0 aromatic carbocycles. The zero-order valence-electron chi connectivity index (χ0n) is 2.49. The molecule has 0 spiro atoms. The van der Waals surface area contributed by atoms with E-state index in [4.69, 9.17) is 3.57 Å². The maximum absolute atomic E-state index is 8.38. The predicted molar refractivity (Wildman–Crippen MR) is 0.686 cm³/mol. The van der Waals surface area contributed by atoms with Crippen LogP contribution in [0.15, 0.2) is 0 Å². The molecule has 1 nitrogen and oxygen atoms in total. The van der Waals surface area contributed by atoms with E-state index in [0.29, 0.717) is 0 Å². The molecule has 0 aliphatic heterocycles. The summed E-state index contributed by atoms with van der Waals surface area (Å²) < 4.78 is 8.38. The molecule has 16 valence electrons. The van der Waals surface area contributed by atoms with E-state index in [-0.39, 0.29) is 49.5 Å². The first-order valence-electron chi connectivity index (χ1n) is 0.289. The molecule has 0 saturated heterocycles. The van der Waals surface area contributed by atoms with Crippen molar-refractivity contribution in [1.29, 1.82) is 0 Å². The molecule has 0 fully saturated rings. The molecule has 0 aromatic heterocycles. The van der Waals surface area contributed by atoms with Crippen molar-refractivity contribution in [2.75, 3.05) is 0 Å². The van der Waals surface area contributed by atoms with Gasteiger partial charge in [0.2, 0.25) is 0 Å². The molecule has 0 N–H and O–H groups in total. The summed E-state index contributed by atoms with van der Waals surface area (Å²) >= 11 is 0.125. The minimum atomic E-state index is 0. The SMILES string of the molecule is [Cl-].[Li+].[O]=[Zn].